The summed E-state index contributed by atoms with van der Waals surface area (Å²) in [4.78, 5) is 25.3. The first-order valence-corrected chi connectivity index (χ1v) is 8.86. The maximum absolute atomic E-state index is 14.3. The van der Waals surface area contributed by atoms with Crippen LogP contribution in [-0.4, -0.2) is 22.4 Å². The van der Waals surface area contributed by atoms with E-state index in [0.717, 1.165) is 5.56 Å². The van der Waals surface area contributed by atoms with Crippen molar-refractivity contribution < 1.29 is 14.1 Å². The minimum atomic E-state index is -0.468. The van der Waals surface area contributed by atoms with Gasteiger partial charge in [-0.3, -0.25) is 10.1 Å². The van der Waals surface area contributed by atoms with Crippen molar-refractivity contribution in [1.29, 1.82) is 0 Å². The van der Waals surface area contributed by atoms with Gasteiger partial charge in [-0.15, -0.1) is 0 Å². The number of anilines is 1. The minimum Gasteiger partial charge on any atom is -0.317 e. The summed E-state index contributed by atoms with van der Waals surface area (Å²) in [6, 6.07) is 8.77. The molecule has 0 radical (unpaired) electrons. The number of likely N-dealkylation sites (tertiary alicyclic amines) is 1. The highest BCUT2D eigenvalue weighted by Crippen LogP contribution is 2.37. The van der Waals surface area contributed by atoms with Gasteiger partial charge in [-0.05, 0) is 37.8 Å². The molecule has 27 heavy (non-hydrogen) atoms. The molecule has 2 atom stereocenters. The summed E-state index contributed by atoms with van der Waals surface area (Å²) >= 11 is 0. The van der Waals surface area contributed by atoms with Gasteiger partial charge in [0, 0.05) is 18.2 Å². The Labute approximate surface area is 157 Å². The molecular formula is C20H22FN3O3. The molecule has 142 valence electrons. The van der Waals surface area contributed by atoms with Crippen LogP contribution in [0.15, 0.2) is 36.4 Å². The van der Waals surface area contributed by atoms with Crippen molar-refractivity contribution >= 4 is 17.4 Å². The fourth-order valence-electron chi connectivity index (χ4n) is 3.72. The van der Waals surface area contributed by atoms with E-state index in [1.165, 1.54) is 12.1 Å². The molecule has 0 saturated carbocycles. The maximum Gasteiger partial charge on any atom is 0.322 e. The lowest BCUT2D eigenvalue weighted by Crippen LogP contribution is -2.35. The van der Waals surface area contributed by atoms with Crippen LogP contribution in [0.1, 0.15) is 36.1 Å². The fourth-order valence-corrected chi connectivity index (χ4v) is 3.72. The monoisotopic (exact) mass is 371 g/mol. The van der Waals surface area contributed by atoms with Crippen molar-refractivity contribution in [2.75, 3.05) is 11.9 Å². The number of hydrogen-bond donors (Lipinski definition) is 1. The number of hydrogen-bond acceptors (Lipinski definition) is 3. The highest BCUT2D eigenvalue weighted by atomic mass is 19.1. The zero-order valence-corrected chi connectivity index (χ0v) is 15.5. The third-order valence-electron chi connectivity index (χ3n) is 5.11. The molecule has 1 aliphatic rings. The van der Waals surface area contributed by atoms with Gasteiger partial charge in [-0.2, -0.15) is 0 Å². The molecule has 0 spiro atoms. The molecule has 6 nitrogen and oxygen atoms in total. The molecule has 1 fully saturated rings. The summed E-state index contributed by atoms with van der Waals surface area (Å²) in [5, 5.41) is 14.0. The van der Waals surface area contributed by atoms with Gasteiger partial charge in [0.05, 0.1) is 22.2 Å². The number of urea groups is 1. The predicted molar refractivity (Wildman–Crippen MR) is 101 cm³/mol. The van der Waals surface area contributed by atoms with E-state index in [1.54, 1.807) is 43.0 Å². The van der Waals surface area contributed by atoms with Crippen molar-refractivity contribution in [2.24, 2.45) is 5.92 Å². The Kier molecular flexibility index (Phi) is 5.12. The summed E-state index contributed by atoms with van der Waals surface area (Å²) in [5.41, 5.74) is 2.02. The van der Waals surface area contributed by atoms with E-state index in [9.17, 15) is 19.3 Å². The van der Waals surface area contributed by atoms with E-state index in [0.29, 0.717) is 29.8 Å². The van der Waals surface area contributed by atoms with Crippen molar-refractivity contribution in [3.05, 3.63) is 69.0 Å². The standard InChI is InChI=1S/C20H22FN3O3/c1-12-10-18(15-6-4-5-7-16(15)21)23(11-12)20(25)22-19-13(2)8-9-17(14(19)3)24(26)27/h4-9,12,18H,10-11H2,1-3H3,(H,22,25). The van der Waals surface area contributed by atoms with Crippen molar-refractivity contribution in [2.45, 2.75) is 33.2 Å². The number of nitro benzene ring substituents is 1. The van der Waals surface area contributed by atoms with Gasteiger partial charge >= 0.3 is 6.03 Å². The summed E-state index contributed by atoms with van der Waals surface area (Å²) < 4.78 is 14.3. The van der Waals surface area contributed by atoms with Crippen LogP contribution in [-0.2, 0) is 0 Å². The third kappa shape index (κ3) is 3.63. The van der Waals surface area contributed by atoms with Gasteiger partial charge in [0.15, 0.2) is 0 Å². The van der Waals surface area contributed by atoms with Crippen molar-refractivity contribution in [1.82, 2.24) is 4.90 Å². The highest BCUT2D eigenvalue weighted by Gasteiger charge is 2.36. The van der Waals surface area contributed by atoms with Crippen LogP contribution in [0.25, 0.3) is 0 Å². The molecule has 1 N–H and O–H groups in total. The largest absolute Gasteiger partial charge is 0.322 e. The number of benzene rings is 2. The lowest BCUT2D eigenvalue weighted by molar-refractivity contribution is -0.385. The van der Waals surface area contributed by atoms with E-state index in [1.807, 2.05) is 6.92 Å². The second-order valence-electron chi connectivity index (χ2n) is 7.12. The van der Waals surface area contributed by atoms with Crippen molar-refractivity contribution in [3.63, 3.8) is 0 Å². The van der Waals surface area contributed by atoms with Crippen LogP contribution >= 0.6 is 0 Å². The number of rotatable bonds is 3. The normalized spacial score (nSPS) is 19.2. The van der Waals surface area contributed by atoms with E-state index < -0.39 is 4.92 Å². The van der Waals surface area contributed by atoms with Gasteiger partial charge in [0.1, 0.15) is 5.82 Å². The van der Waals surface area contributed by atoms with Gasteiger partial charge in [-0.1, -0.05) is 31.2 Å². The average molecular weight is 371 g/mol. The second-order valence-corrected chi connectivity index (χ2v) is 7.12. The first-order chi connectivity index (χ1) is 12.8. The van der Waals surface area contributed by atoms with Gasteiger partial charge in [0.25, 0.3) is 5.69 Å². The molecule has 3 rings (SSSR count). The van der Waals surface area contributed by atoms with E-state index >= 15 is 0 Å². The number of nitrogens with one attached hydrogen (secondary N) is 1. The molecular weight excluding hydrogens is 349 g/mol. The van der Waals surface area contributed by atoms with Gasteiger partial charge in [-0.25, -0.2) is 9.18 Å². The lowest BCUT2D eigenvalue weighted by Gasteiger charge is -2.26. The average Bonchev–Trinajstić information content (AvgIpc) is 3.00. The molecule has 2 aromatic rings. The maximum atomic E-state index is 14.3. The minimum absolute atomic E-state index is 0.0451. The van der Waals surface area contributed by atoms with Gasteiger partial charge < -0.3 is 10.2 Å². The molecule has 7 heteroatoms. The predicted octanol–water partition coefficient (Wildman–Crippen LogP) is 4.97. The second kappa shape index (κ2) is 7.34. The molecule has 2 amide bonds. The van der Waals surface area contributed by atoms with Crippen LogP contribution in [0.2, 0.25) is 0 Å². The Morgan fingerprint density at radius 1 is 1.26 bits per heavy atom. The number of aryl methyl sites for hydroxylation is 1. The van der Waals surface area contributed by atoms with E-state index in [4.69, 9.17) is 0 Å². The molecule has 1 heterocycles. The smallest absolute Gasteiger partial charge is 0.317 e. The molecule has 1 saturated heterocycles. The quantitative estimate of drug-likeness (QED) is 0.612. The lowest BCUT2D eigenvalue weighted by atomic mass is 10.0. The zero-order valence-electron chi connectivity index (χ0n) is 15.5. The van der Waals surface area contributed by atoms with Crippen LogP contribution in [0, 0.1) is 35.7 Å². The Balaban J connectivity index is 1.91. The number of carbonyl (C=O) groups is 1. The van der Waals surface area contributed by atoms with E-state index in [2.05, 4.69) is 5.32 Å². The first kappa shape index (κ1) is 18.8. The third-order valence-corrected chi connectivity index (χ3v) is 5.11. The Morgan fingerprint density at radius 2 is 1.96 bits per heavy atom. The molecule has 2 unspecified atom stereocenters. The van der Waals surface area contributed by atoms with Crippen LogP contribution < -0.4 is 5.32 Å². The number of carbonyl (C=O) groups excluding carboxylic acids is 1. The number of nitrogens with zero attached hydrogens (tertiary/aromatic N) is 2. The number of nitro groups is 1. The number of halogens is 1. The topological polar surface area (TPSA) is 75.5 Å². The Hall–Kier alpha value is -2.96. The fraction of sp³-hybridized carbons (Fsp3) is 0.350. The first-order valence-electron chi connectivity index (χ1n) is 8.86. The zero-order chi connectivity index (χ0) is 19.7. The van der Waals surface area contributed by atoms with Gasteiger partial charge in [0.2, 0.25) is 0 Å². The molecule has 1 aliphatic heterocycles. The molecule has 0 aromatic heterocycles. The summed E-state index contributed by atoms with van der Waals surface area (Å²) in [5.74, 6) is -0.107. The SMILES string of the molecule is Cc1ccc([N+](=O)[O-])c(C)c1NC(=O)N1CC(C)CC1c1ccccc1F. The van der Waals surface area contributed by atoms with Crippen LogP contribution in [0.4, 0.5) is 20.6 Å². The highest BCUT2D eigenvalue weighted by molar-refractivity contribution is 5.92. The van der Waals surface area contributed by atoms with Crippen LogP contribution in [0.5, 0.6) is 0 Å². The summed E-state index contributed by atoms with van der Waals surface area (Å²) in [7, 11) is 0. The Morgan fingerprint density at radius 3 is 2.63 bits per heavy atom. The Bertz CT molecular complexity index is 900. The number of amides is 2. The van der Waals surface area contributed by atoms with E-state index in [-0.39, 0.29) is 29.5 Å². The molecule has 0 bridgehead atoms. The van der Waals surface area contributed by atoms with Crippen LogP contribution in [0.3, 0.4) is 0 Å². The van der Waals surface area contributed by atoms with Crippen molar-refractivity contribution in [3.8, 4) is 0 Å². The molecule has 0 aliphatic carbocycles. The molecule has 2 aromatic carbocycles. The summed E-state index contributed by atoms with van der Waals surface area (Å²) in [6.45, 7) is 5.91. The summed E-state index contributed by atoms with van der Waals surface area (Å²) in [6.07, 6.45) is 0.668.